The van der Waals surface area contributed by atoms with Crippen molar-refractivity contribution in [2.24, 2.45) is 5.41 Å². The van der Waals surface area contributed by atoms with Gasteiger partial charge >= 0.3 is 0 Å². The van der Waals surface area contributed by atoms with Crippen molar-refractivity contribution in [2.45, 2.75) is 52.7 Å². The number of aliphatic hydroxyl groups is 1. The summed E-state index contributed by atoms with van der Waals surface area (Å²) in [5, 5.41) is 9.99. The van der Waals surface area contributed by atoms with Crippen LogP contribution in [0.3, 0.4) is 0 Å². The van der Waals surface area contributed by atoms with E-state index in [1.54, 1.807) is 14.0 Å². The number of hydrogen-bond acceptors (Lipinski definition) is 4. The van der Waals surface area contributed by atoms with Crippen LogP contribution in [0.15, 0.2) is 0 Å². The molecule has 5 heteroatoms. The fraction of sp³-hybridized carbons (Fsp3) is 1.00. The van der Waals surface area contributed by atoms with Gasteiger partial charge in [-0.1, -0.05) is 27.7 Å². The lowest BCUT2D eigenvalue weighted by Crippen LogP contribution is -2.39. The van der Waals surface area contributed by atoms with E-state index in [0.717, 1.165) is 0 Å². The minimum Gasteiger partial charge on any atom is -0.390 e. The Hall–Kier alpha value is -0.130. The van der Waals surface area contributed by atoms with Crippen molar-refractivity contribution in [3.8, 4) is 0 Å². The molecule has 2 atom stereocenters. The molecular weight excluding hydrogens is 240 g/mol. The van der Waals surface area contributed by atoms with Crippen molar-refractivity contribution < 1.29 is 18.3 Å². The van der Waals surface area contributed by atoms with Crippen LogP contribution in [0.5, 0.6) is 0 Å². The largest absolute Gasteiger partial charge is 0.390 e. The first-order valence-electron chi connectivity index (χ1n) is 6.05. The predicted molar refractivity (Wildman–Crippen MR) is 69.8 cm³/mol. The molecule has 0 aromatic heterocycles. The van der Waals surface area contributed by atoms with Gasteiger partial charge < -0.3 is 9.84 Å². The van der Waals surface area contributed by atoms with E-state index in [0.29, 0.717) is 12.8 Å². The third-order valence-corrected chi connectivity index (χ3v) is 4.64. The Bertz CT molecular complexity index is 303. The molecule has 0 aliphatic carbocycles. The van der Waals surface area contributed by atoms with Crippen LogP contribution in [0.25, 0.3) is 0 Å². The topological polar surface area (TPSA) is 63.6 Å². The van der Waals surface area contributed by atoms with Gasteiger partial charge in [0, 0.05) is 12.9 Å². The lowest BCUT2D eigenvalue weighted by atomic mass is 9.84. The summed E-state index contributed by atoms with van der Waals surface area (Å²) < 4.78 is 27.9. The average molecular weight is 266 g/mol. The lowest BCUT2D eigenvalue weighted by molar-refractivity contribution is -0.0732. The second-order valence-corrected chi connectivity index (χ2v) is 7.94. The molecule has 17 heavy (non-hydrogen) atoms. The SMILES string of the molecule is CCS(=O)(=O)CCCC(O)C(OC)C(C)(C)C. The van der Waals surface area contributed by atoms with E-state index in [4.69, 9.17) is 4.74 Å². The zero-order valence-corrected chi connectivity index (χ0v) is 12.4. The van der Waals surface area contributed by atoms with Gasteiger partial charge in [-0.05, 0) is 18.3 Å². The summed E-state index contributed by atoms with van der Waals surface area (Å²) in [5.74, 6) is 0.303. The fourth-order valence-corrected chi connectivity index (χ4v) is 2.79. The van der Waals surface area contributed by atoms with Gasteiger partial charge in [-0.3, -0.25) is 0 Å². The van der Waals surface area contributed by atoms with E-state index in [9.17, 15) is 13.5 Å². The highest BCUT2D eigenvalue weighted by molar-refractivity contribution is 7.91. The maximum absolute atomic E-state index is 11.3. The van der Waals surface area contributed by atoms with E-state index in [-0.39, 0.29) is 23.0 Å². The highest BCUT2D eigenvalue weighted by Gasteiger charge is 2.30. The highest BCUT2D eigenvalue weighted by Crippen LogP contribution is 2.26. The summed E-state index contributed by atoms with van der Waals surface area (Å²) in [6.07, 6.45) is 0.0429. The van der Waals surface area contributed by atoms with Crippen LogP contribution in [-0.2, 0) is 14.6 Å². The Morgan fingerprint density at radius 3 is 2.18 bits per heavy atom. The number of ether oxygens (including phenoxy) is 1. The van der Waals surface area contributed by atoms with Crippen LogP contribution in [-0.4, -0.2) is 44.3 Å². The van der Waals surface area contributed by atoms with Gasteiger partial charge in [0.15, 0.2) is 0 Å². The predicted octanol–water partition coefficient (Wildman–Crippen LogP) is 1.62. The average Bonchev–Trinajstić information content (AvgIpc) is 2.16. The van der Waals surface area contributed by atoms with Gasteiger partial charge in [-0.25, -0.2) is 8.42 Å². The third-order valence-electron chi connectivity index (χ3n) is 2.85. The van der Waals surface area contributed by atoms with Gasteiger partial charge in [0.25, 0.3) is 0 Å². The Balaban J connectivity index is 4.22. The summed E-state index contributed by atoms with van der Waals surface area (Å²) in [4.78, 5) is 0. The van der Waals surface area contributed by atoms with Crippen LogP contribution in [0, 0.1) is 5.41 Å². The van der Waals surface area contributed by atoms with E-state index < -0.39 is 15.9 Å². The van der Waals surface area contributed by atoms with Gasteiger partial charge in [-0.15, -0.1) is 0 Å². The summed E-state index contributed by atoms with van der Waals surface area (Å²) in [7, 11) is -1.36. The second-order valence-electron chi connectivity index (χ2n) is 5.47. The molecule has 0 bridgehead atoms. The number of hydrogen-bond donors (Lipinski definition) is 1. The highest BCUT2D eigenvalue weighted by atomic mass is 32.2. The van der Waals surface area contributed by atoms with Crippen LogP contribution in [0.1, 0.15) is 40.5 Å². The standard InChI is InChI=1S/C12H26O4S/c1-6-17(14,15)9-7-8-10(13)11(16-5)12(2,3)4/h10-11,13H,6-9H2,1-5H3. The molecule has 0 aromatic rings. The summed E-state index contributed by atoms with van der Waals surface area (Å²) in [6.45, 7) is 7.62. The van der Waals surface area contributed by atoms with E-state index in [1.807, 2.05) is 20.8 Å². The second kappa shape index (κ2) is 6.71. The molecule has 2 unspecified atom stereocenters. The van der Waals surface area contributed by atoms with E-state index in [1.165, 1.54) is 0 Å². The Kier molecular flexibility index (Phi) is 6.66. The first-order chi connectivity index (χ1) is 7.64. The monoisotopic (exact) mass is 266 g/mol. The minimum atomic E-state index is -2.93. The third kappa shape index (κ3) is 6.38. The Morgan fingerprint density at radius 1 is 1.29 bits per heavy atom. The van der Waals surface area contributed by atoms with Crippen molar-refractivity contribution in [3.05, 3.63) is 0 Å². The number of rotatable bonds is 7. The van der Waals surface area contributed by atoms with Gasteiger partial charge in [0.2, 0.25) is 0 Å². The van der Waals surface area contributed by atoms with Crippen molar-refractivity contribution >= 4 is 9.84 Å². The van der Waals surface area contributed by atoms with Crippen molar-refractivity contribution in [3.63, 3.8) is 0 Å². The molecule has 0 aromatic carbocycles. The molecule has 0 radical (unpaired) electrons. The van der Waals surface area contributed by atoms with Gasteiger partial charge in [0.05, 0.1) is 18.0 Å². The molecule has 0 spiro atoms. The normalized spacial score (nSPS) is 16.8. The minimum absolute atomic E-state index is 0.140. The molecule has 104 valence electrons. The first kappa shape index (κ1) is 16.9. The molecule has 0 rings (SSSR count). The quantitative estimate of drug-likeness (QED) is 0.760. The Morgan fingerprint density at radius 2 is 1.82 bits per heavy atom. The first-order valence-corrected chi connectivity index (χ1v) is 7.87. The molecule has 1 N–H and O–H groups in total. The van der Waals surface area contributed by atoms with Crippen LogP contribution in [0.4, 0.5) is 0 Å². The molecule has 0 saturated carbocycles. The number of aliphatic hydroxyl groups excluding tert-OH is 1. The zero-order chi connectivity index (χ0) is 13.7. The molecular formula is C12H26O4S. The van der Waals surface area contributed by atoms with Crippen molar-refractivity contribution in [1.29, 1.82) is 0 Å². The molecule has 4 nitrogen and oxygen atoms in total. The van der Waals surface area contributed by atoms with Crippen LogP contribution < -0.4 is 0 Å². The molecule has 0 saturated heterocycles. The smallest absolute Gasteiger partial charge is 0.150 e. The molecule has 0 aliphatic rings. The fourth-order valence-electron chi connectivity index (χ4n) is 1.90. The number of sulfone groups is 1. The van der Waals surface area contributed by atoms with E-state index >= 15 is 0 Å². The van der Waals surface area contributed by atoms with Gasteiger partial charge in [0.1, 0.15) is 9.84 Å². The maximum Gasteiger partial charge on any atom is 0.150 e. The number of methoxy groups -OCH3 is 1. The molecule has 0 fully saturated rings. The Labute approximate surface area is 105 Å². The van der Waals surface area contributed by atoms with E-state index in [2.05, 4.69) is 0 Å². The molecule has 0 amide bonds. The lowest BCUT2D eigenvalue weighted by Gasteiger charge is -2.33. The van der Waals surface area contributed by atoms with Gasteiger partial charge in [-0.2, -0.15) is 0 Å². The molecule has 0 aliphatic heterocycles. The summed E-state index contributed by atoms with van der Waals surface area (Å²) in [6, 6.07) is 0. The van der Waals surface area contributed by atoms with Crippen molar-refractivity contribution in [1.82, 2.24) is 0 Å². The zero-order valence-electron chi connectivity index (χ0n) is 11.6. The van der Waals surface area contributed by atoms with Crippen LogP contribution in [0.2, 0.25) is 0 Å². The summed E-state index contributed by atoms with van der Waals surface area (Å²) in [5.41, 5.74) is -0.155. The van der Waals surface area contributed by atoms with Crippen molar-refractivity contribution in [2.75, 3.05) is 18.6 Å². The molecule has 0 heterocycles. The van der Waals surface area contributed by atoms with Crippen LogP contribution >= 0.6 is 0 Å². The maximum atomic E-state index is 11.3. The summed E-state index contributed by atoms with van der Waals surface area (Å²) >= 11 is 0.